The van der Waals surface area contributed by atoms with Crippen LogP contribution >= 0.6 is 12.0 Å². The minimum Gasteiger partial charge on any atom is -0.507 e. The van der Waals surface area contributed by atoms with Gasteiger partial charge in [-0.25, -0.2) is 5.26 Å². The van der Waals surface area contributed by atoms with Crippen molar-refractivity contribution in [3.63, 3.8) is 0 Å². The Morgan fingerprint density at radius 3 is 1.76 bits per heavy atom. The van der Waals surface area contributed by atoms with Crippen molar-refractivity contribution in [3.8, 4) is 11.5 Å². The predicted molar refractivity (Wildman–Crippen MR) is 192 cm³/mol. The predicted octanol–water partition coefficient (Wildman–Crippen LogP) is 7.99. The fourth-order valence-corrected chi connectivity index (χ4v) is 4.94. The topological polar surface area (TPSA) is 263 Å². The number of nitrogens with two attached hydrogens (primary N) is 1. The third-order valence-electron chi connectivity index (χ3n) is 5.57. The molecule has 0 amide bonds. The molecule has 5 rings (SSSR count). The number of benzene rings is 5. The molecule has 50 heavy (non-hydrogen) atoms. The Labute approximate surface area is 293 Å². The number of nitrogen functional groups attached to an aromatic ring is 1. The second-order valence-electron chi connectivity index (χ2n) is 9.02. The summed E-state index contributed by atoms with van der Waals surface area (Å²) in [6.45, 7) is 4.00. The van der Waals surface area contributed by atoms with Crippen LogP contribution in [0.5, 0.6) is 11.5 Å². The molecule has 0 saturated carbocycles. The summed E-state index contributed by atoms with van der Waals surface area (Å²) in [5.41, 5.74) is 6.33. The van der Waals surface area contributed by atoms with Gasteiger partial charge in [-0.15, -0.1) is 4.33 Å². The first-order chi connectivity index (χ1) is 23.6. The molecule has 0 aliphatic heterocycles. The fourth-order valence-electron chi connectivity index (χ4n) is 3.81. The average Bonchev–Trinajstić information content (AvgIpc) is 3.07. The van der Waals surface area contributed by atoms with Gasteiger partial charge in [0.25, 0.3) is 20.2 Å². The van der Waals surface area contributed by atoms with Crippen LogP contribution in [0.15, 0.2) is 121 Å². The van der Waals surface area contributed by atoms with Gasteiger partial charge in [0.2, 0.25) is 0 Å². The monoisotopic (exact) mass is 751 g/mol. The number of aromatic hydroxyl groups is 2. The van der Waals surface area contributed by atoms with Crippen LogP contribution in [-0.4, -0.2) is 61.8 Å². The maximum atomic E-state index is 11.6. The van der Waals surface area contributed by atoms with Crippen molar-refractivity contribution in [1.82, 2.24) is 0 Å². The standard InChI is InChI=1S/C11H11N3O7S2.C11H10N2O.C6H6.C2H6.CH4O3S/c1-13-14-7-4-9(23(17,18)19)6-2-5(22-21-20-16)3-8(15)10(6)11(7)12;1-12-13-10-7-6-8-4-2-3-5-9(8)11(10)14;1-2-4-6-5-3-1;1-2;1-5(2,3)4/h2-4,15-16H,12H2,1H3,(H,17,18,19);2-7,14H,1H3;1-6H;1-2H3;1H3,(H,2,3,4). The zero-order chi connectivity index (χ0) is 37.9. The van der Waals surface area contributed by atoms with Gasteiger partial charge in [-0.2, -0.15) is 37.3 Å². The molecular weight excluding hydrogens is 715 g/mol. The molecule has 0 unspecified atom stereocenters. The van der Waals surface area contributed by atoms with Gasteiger partial charge in [0, 0.05) is 29.8 Å². The maximum Gasteiger partial charge on any atom is 0.295 e. The molecule has 0 aliphatic rings. The summed E-state index contributed by atoms with van der Waals surface area (Å²) in [5.74, 6) is -0.198. The number of rotatable bonds is 6. The Kier molecular flexibility index (Phi) is 18.5. The summed E-state index contributed by atoms with van der Waals surface area (Å²) in [6, 6.07) is 26.8. The molecule has 5 aromatic rings. The minimum atomic E-state index is -4.64. The van der Waals surface area contributed by atoms with Crippen molar-refractivity contribution in [2.75, 3.05) is 26.1 Å². The van der Waals surface area contributed by atoms with Crippen LogP contribution in [0.1, 0.15) is 13.8 Å². The molecule has 0 aliphatic carbocycles. The van der Waals surface area contributed by atoms with Gasteiger partial charge in [-0.3, -0.25) is 9.11 Å². The zero-order valence-corrected chi connectivity index (χ0v) is 29.9. The van der Waals surface area contributed by atoms with E-state index in [4.69, 9.17) is 15.5 Å². The maximum absolute atomic E-state index is 11.6. The molecular formula is C31H37N5O11S3. The number of hydrogen-bond acceptors (Lipinski definition) is 15. The first kappa shape index (κ1) is 43.3. The molecule has 0 heterocycles. The summed E-state index contributed by atoms with van der Waals surface area (Å²) in [5, 5.41) is 47.9. The molecule has 19 heteroatoms. The van der Waals surface area contributed by atoms with E-state index in [1.165, 1.54) is 19.2 Å². The fraction of sp³-hybridized carbons (Fsp3) is 0.161. The van der Waals surface area contributed by atoms with Crippen molar-refractivity contribution >= 4 is 70.9 Å². The van der Waals surface area contributed by atoms with Crippen molar-refractivity contribution < 1.29 is 50.8 Å². The van der Waals surface area contributed by atoms with E-state index < -0.39 is 25.1 Å². The molecule has 5 aromatic carbocycles. The lowest BCUT2D eigenvalue weighted by Gasteiger charge is -2.12. The largest absolute Gasteiger partial charge is 0.507 e. The Balaban J connectivity index is 0.000000388. The van der Waals surface area contributed by atoms with E-state index in [0.717, 1.165) is 16.8 Å². The average molecular weight is 752 g/mol. The highest BCUT2D eigenvalue weighted by Crippen LogP contribution is 2.43. The van der Waals surface area contributed by atoms with Crippen LogP contribution in [0.3, 0.4) is 0 Å². The van der Waals surface area contributed by atoms with Crippen molar-refractivity contribution in [1.29, 1.82) is 0 Å². The molecule has 7 N–H and O–H groups in total. The molecule has 0 radical (unpaired) electrons. The lowest BCUT2D eigenvalue weighted by atomic mass is 10.1. The smallest absolute Gasteiger partial charge is 0.295 e. The van der Waals surface area contributed by atoms with Crippen LogP contribution in [0.2, 0.25) is 0 Å². The van der Waals surface area contributed by atoms with E-state index in [1.807, 2.05) is 80.6 Å². The third-order valence-corrected chi connectivity index (χ3v) is 7.02. The summed E-state index contributed by atoms with van der Waals surface area (Å²) >= 11 is 0.498. The third kappa shape index (κ3) is 14.4. The zero-order valence-electron chi connectivity index (χ0n) is 27.4. The molecule has 0 spiro atoms. The number of azo groups is 2. The van der Waals surface area contributed by atoms with Crippen LogP contribution in [0, 0.1) is 0 Å². The van der Waals surface area contributed by atoms with Gasteiger partial charge in [0.1, 0.15) is 22.0 Å². The Bertz CT molecular complexity index is 2060. The first-order valence-electron chi connectivity index (χ1n) is 14.1. The van der Waals surface area contributed by atoms with Crippen LogP contribution in [-0.2, 0) is 29.6 Å². The number of phenols is 2. The van der Waals surface area contributed by atoms with Gasteiger partial charge >= 0.3 is 0 Å². The molecule has 270 valence electrons. The minimum absolute atomic E-state index is 0.0219. The molecule has 0 fully saturated rings. The second-order valence-corrected chi connectivity index (χ2v) is 12.6. The summed E-state index contributed by atoms with van der Waals surface area (Å²) in [4.78, 5) is -0.343. The number of fused-ring (bicyclic) bond motifs is 2. The quantitative estimate of drug-likeness (QED) is 0.0240. The van der Waals surface area contributed by atoms with E-state index in [9.17, 15) is 31.6 Å². The number of anilines is 1. The Morgan fingerprint density at radius 1 is 0.740 bits per heavy atom. The van der Waals surface area contributed by atoms with E-state index in [0.29, 0.717) is 24.0 Å². The molecule has 0 saturated heterocycles. The normalized spacial score (nSPS) is 11.0. The van der Waals surface area contributed by atoms with Gasteiger partial charge in [-0.05, 0) is 29.7 Å². The van der Waals surface area contributed by atoms with Crippen LogP contribution in [0.25, 0.3) is 21.5 Å². The SMILES string of the molecule is CC.CN=Nc1cc(S(=O)(=O)O)c2cc(SOOO)cc(O)c2c1N.CN=Nc1ccc2ccccc2c1O.CS(=O)(=O)O.c1ccccc1. The lowest BCUT2D eigenvalue weighted by Crippen LogP contribution is -2.01. The van der Waals surface area contributed by atoms with Crippen molar-refractivity contribution in [2.24, 2.45) is 20.5 Å². The number of hydrogen-bond donors (Lipinski definition) is 6. The second kappa shape index (κ2) is 21.4. The van der Waals surface area contributed by atoms with Crippen molar-refractivity contribution in [2.45, 2.75) is 23.6 Å². The van der Waals surface area contributed by atoms with E-state index >= 15 is 0 Å². The van der Waals surface area contributed by atoms with Gasteiger partial charge in [0.05, 0.1) is 29.4 Å². The van der Waals surface area contributed by atoms with E-state index in [2.05, 4.69) is 29.8 Å². The molecule has 0 atom stereocenters. The highest BCUT2D eigenvalue weighted by molar-refractivity contribution is 7.94. The van der Waals surface area contributed by atoms with Gasteiger partial charge < -0.3 is 15.9 Å². The highest BCUT2D eigenvalue weighted by atomic mass is 32.2. The van der Waals surface area contributed by atoms with Gasteiger partial charge in [-0.1, -0.05) is 85.6 Å². The number of phenolic OH excluding ortho intramolecular Hbond substituents is 2. The van der Waals surface area contributed by atoms with Crippen LogP contribution < -0.4 is 5.73 Å². The summed E-state index contributed by atoms with van der Waals surface area (Å²) in [6.07, 6.45) is 0.715. The van der Waals surface area contributed by atoms with Crippen LogP contribution in [0.4, 0.5) is 17.1 Å². The highest BCUT2D eigenvalue weighted by Gasteiger charge is 2.22. The summed E-state index contributed by atoms with van der Waals surface area (Å²) in [7, 11) is -5.38. The van der Waals surface area contributed by atoms with Gasteiger partial charge in [0.15, 0.2) is 5.75 Å². The summed E-state index contributed by atoms with van der Waals surface area (Å²) < 4.78 is 62.7. The van der Waals surface area contributed by atoms with E-state index in [1.54, 1.807) is 13.1 Å². The van der Waals surface area contributed by atoms with E-state index in [-0.39, 0.29) is 38.5 Å². The molecule has 0 aromatic heterocycles. The lowest BCUT2D eigenvalue weighted by molar-refractivity contribution is -0.432. The molecule has 0 bridgehead atoms. The number of nitrogens with zero attached hydrogens (tertiary/aromatic N) is 4. The Morgan fingerprint density at radius 2 is 1.26 bits per heavy atom. The Hall–Kier alpha value is -4.73. The molecule has 16 nitrogen and oxygen atoms in total. The first-order valence-corrected chi connectivity index (χ1v) is 18.1. The van der Waals surface area contributed by atoms with Crippen molar-refractivity contribution in [3.05, 3.63) is 91.0 Å².